The number of hydrogen-bond donors (Lipinski definition) is 3. The molecule has 0 aliphatic heterocycles. The molecule has 0 bridgehead atoms. The zero-order chi connectivity index (χ0) is 33.6. The number of nitrogens with zero attached hydrogens (tertiary/aromatic N) is 1. The SMILES string of the molecule is CC(C)(C)OC(=O)N(C(=O)O)c1c(F)ccc(NC(=O)c2cc(NC(=O)[C@H]3[C@H](c4ccc(Cl)c(Cl)c4)C3(Cl)Cl)ccc2Cl)c1F. The van der Waals surface area contributed by atoms with E-state index in [2.05, 4.69) is 10.6 Å². The second-order valence-corrected chi connectivity index (χ2v) is 13.5. The van der Waals surface area contributed by atoms with Crippen molar-refractivity contribution in [1.82, 2.24) is 0 Å². The molecule has 3 aromatic rings. The molecule has 4 amide bonds. The minimum absolute atomic E-state index is 0.0979. The van der Waals surface area contributed by atoms with Gasteiger partial charge < -0.3 is 20.5 Å². The van der Waals surface area contributed by atoms with Crippen LogP contribution in [0.25, 0.3) is 0 Å². The number of ether oxygens (including phenoxy) is 1. The summed E-state index contributed by atoms with van der Waals surface area (Å²) >= 11 is 31.1. The van der Waals surface area contributed by atoms with Crippen LogP contribution in [0, 0.1) is 17.6 Å². The largest absolute Gasteiger partial charge is 0.464 e. The maximum absolute atomic E-state index is 15.5. The third-order valence-corrected chi connectivity index (χ3v) is 8.43. The minimum atomic E-state index is -2.04. The van der Waals surface area contributed by atoms with Gasteiger partial charge in [-0.15, -0.1) is 23.2 Å². The monoisotopic (exact) mass is 721 g/mol. The molecule has 0 unspecified atom stereocenters. The number of halogens is 7. The van der Waals surface area contributed by atoms with Gasteiger partial charge in [0.2, 0.25) is 5.91 Å². The molecule has 1 aliphatic carbocycles. The summed E-state index contributed by atoms with van der Waals surface area (Å²) in [5, 5.41) is 14.8. The molecule has 9 nitrogen and oxygen atoms in total. The van der Waals surface area contributed by atoms with E-state index in [1.807, 2.05) is 0 Å². The van der Waals surface area contributed by atoms with Gasteiger partial charge in [0.25, 0.3) is 5.91 Å². The summed E-state index contributed by atoms with van der Waals surface area (Å²) in [6.07, 6.45) is -3.61. The Morgan fingerprint density at radius 2 is 1.56 bits per heavy atom. The average Bonchev–Trinajstić information content (AvgIpc) is 3.51. The number of alkyl halides is 2. The molecule has 0 aromatic heterocycles. The van der Waals surface area contributed by atoms with Gasteiger partial charge in [-0.2, -0.15) is 4.90 Å². The first-order valence-electron chi connectivity index (χ1n) is 12.8. The van der Waals surface area contributed by atoms with Gasteiger partial charge in [0, 0.05) is 11.6 Å². The van der Waals surface area contributed by atoms with Crippen molar-refractivity contribution in [3.05, 3.63) is 86.4 Å². The summed E-state index contributed by atoms with van der Waals surface area (Å²) in [6.45, 7) is 4.28. The number of nitrogens with one attached hydrogen (secondary N) is 2. The molecule has 4 rings (SSSR count). The van der Waals surface area contributed by atoms with Crippen LogP contribution < -0.4 is 15.5 Å². The van der Waals surface area contributed by atoms with Crippen molar-refractivity contribution in [3.8, 4) is 0 Å². The van der Waals surface area contributed by atoms with Gasteiger partial charge in [-0.25, -0.2) is 18.4 Å². The number of carboxylic acid groups (broad SMARTS) is 1. The average molecular weight is 724 g/mol. The first-order valence-corrected chi connectivity index (χ1v) is 14.7. The second-order valence-electron chi connectivity index (χ2n) is 10.8. The Bertz CT molecular complexity index is 1730. The van der Waals surface area contributed by atoms with E-state index >= 15 is 4.39 Å². The summed E-state index contributed by atoms with van der Waals surface area (Å²) in [6, 6.07) is 10.1. The lowest BCUT2D eigenvalue weighted by atomic mass is 10.1. The number of carbonyl (C=O) groups excluding carboxylic acids is 3. The molecule has 3 aromatic carbocycles. The summed E-state index contributed by atoms with van der Waals surface area (Å²) in [5.41, 5.74) is -2.75. The van der Waals surface area contributed by atoms with Gasteiger partial charge in [0.1, 0.15) is 15.6 Å². The highest BCUT2D eigenvalue weighted by molar-refractivity contribution is 6.53. The number of carbonyl (C=O) groups is 4. The van der Waals surface area contributed by atoms with Crippen LogP contribution in [0.3, 0.4) is 0 Å². The van der Waals surface area contributed by atoms with Gasteiger partial charge in [0.15, 0.2) is 11.6 Å². The van der Waals surface area contributed by atoms with Crippen LogP contribution in [0.15, 0.2) is 48.5 Å². The van der Waals surface area contributed by atoms with Crippen LogP contribution in [-0.4, -0.2) is 39.0 Å². The number of hydrogen-bond acceptors (Lipinski definition) is 5. The second kappa shape index (κ2) is 12.8. The van der Waals surface area contributed by atoms with Crippen LogP contribution in [0.4, 0.5) is 35.4 Å². The molecule has 238 valence electrons. The van der Waals surface area contributed by atoms with Crippen LogP contribution in [0.2, 0.25) is 15.1 Å². The van der Waals surface area contributed by atoms with Gasteiger partial charge in [-0.3, -0.25) is 9.59 Å². The summed E-state index contributed by atoms with van der Waals surface area (Å²) in [5.74, 6) is -6.13. The molecule has 1 saturated carbocycles. The van der Waals surface area contributed by atoms with E-state index in [0.29, 0.717) is 16.7 Å². The van der Waals surface area contributed by atoms with E-state index in [9.17, 15) is 28.7 Å². The molecule has 0 heterocycles. The predicted octanol–water partition coefficient (Wildman–Crippen LogP) is 9.12. The van der Waals surface area contributed by atoms with Gasteiger partial charge in [0.05, 0.1) is 32.2 Å². The number of anilines is 3. The molecule has 0 radical (unpaired) electrons. The van der Waals surface area contributed by atoms with Gasteiger partial charge in [-0.05, 0) is 68.8 Å². The molecule has 1 aliphatic rings. The Morgan fingerprint density at radius 1 is 0.911 bits per heavy atom. The number of benzene rings is 3. The zero-order valence-electron chi connectivity index (χ0n) is 23.4. The van der Waals surface area contributed by atoms with Crippen molar-refractivity contribution in [2.75, 3.05) is 15.5 Å². The molecule has 0 saturated heterocycles. The standard InChI is InChI=1S/C29H22Cl5F2N3O6/c1-28(2,3)45-27(44)39(26(42)43)23-18(35)8-9-19(22(23)36)38-24(40)14-11-13(5-7-15(14)30)37-25(41)21-20(29(21,33)34)12-4-6-16(31)17(32)10-12/h4-11,20-21H,1-3H3,(H,37,41)(H,38,40)(H,42,43)/t20-,21+/m0/s1. The smallest absolute Gasteiger partial charge is 0.424 e. The molecule has 1 fully saturated rings. The highest BCUT2D eigenvalue weighted by Gasteiger charge is 2.67. The van der Waals surface area contributed by atoms with Crippen molar-refractivity contribution in [2.45, 2.75) is 36.6 Å². The van der Waals surface area contributed by atoms with Crippen LogP contribution in [-0.2, 0) is 9.53 Å². The van der Waals surface area contributed by atoms with E-state index in [-0.39, 0.29) is 26.2 Å². The Labute approximate surface area is 280 Å². The quantitative estimate of drug-likeness (QED) is 0.218. The Morgan fingerprint density at radius 3 is 2.16 bits per heavy atom. The lowest BCUT2D eigenvalue weighted by Gasteiger charge is -2.25. The van der Waals surface area contributed by atoms with E-state index < -0.39 is 68.8 Å². The van der Waals surface area contributed by atoms with Crippen molar-refractivity contribution in [1.29, 1.82) is 0 Å². The van der Waals surface area contributed by atoms with Crippen molar-refractivity contribution < 1.29 is 37.8 Å². The zero-order valence-corrected chi connectivity index (χ0v) is 27.1. The molecule has 2 atom stereocenters. The Hall–Kier alpha value is -3.35. The van der Waals surface area contributed by atoms with Crippen LogP contribution in [0.1, 0.15) is 42.6 Å². The highest BCUT2D eigenvalue weighted by atomic mass is 35.5. The molecule has 0 spiro atoms. The van der Waals surface area contributed by atoms with Crippen molar-refractivity contribution in [3.63, 3.8) is 0 Å². The minimum Gasteiger partial charge on any atom is -0.464 e. The first-order chi connectivity index (χ1) is 20.8. The number of amides is 4. The van der Waals surface area contributed by atoms with E-state index in [1.54, 1.807) is 18.2 Å². The molecular formula is C29H22Cl5F2N3O6. The summed E-state index contributed by atoms with van der Waals surface area (Å²) in [4.78, 5) is 50.3. The fourth-order valence-corrected chi connectivity index (χ4v) is 5.71. The molecule has 16 heteroatoms. The number of rotatable bonds is 6. The maximum atomic E-state index is 15.5. The molecule has 45 heavy (non-hydrogen) atoms. The van der Waals surface area contributed by atoms with Crippen molar-refractivity contribution in [2.24, 2.45) is 5.92 Å². The Balaban J connectivity index is 1.56. The lowest BCUT2D eigenvalue weighted by Crippen LogP contribution is -2.41. The van der Waals surface area contributed by atoms with Gasteiger partial charge in [-0.1, -0.05) is 40.9 Å². The van der Waals surface area contributed by atoms with Crippen molar-refractivity contribution >= 4 is 99.1 Å². The summed E-state index contributed by atoms with van der Waals surface area (Å²) in [7, 11) is 0. The third kappa shape index (κ3) is 7.39. The molecule has 3 N–H and O–H groups in total. The summed E-state index contributed by atoms with van der Waals surface area (Å²) < 4.78 is 33.6. The highest BCUT2D eigenvalue weighted by Crippen LogP contribution is 2.65. The third-order valence-electron chi connectivity index (χ3n) is 6.42. The van der Waals surface area contributed by atoms with E-state index in [0.717, 1.165) is 6.07 Å². The fourth-order valence-electron chi connectivity index (χ4n) is 4.38. The lowest BCUT2D eigenvalue weighted by molar-refractivity contribution is -0.117. The van der Waals surface area contributed by atoms with Gasteiger partial charge >= 0.3 is 12.2 Å². The number of imide groups is 1. The topological polar surface area (TPSA) is 125 Å². The van der Waals surface area contributed by atoms with E-state index in [4.69, 9.17) is 62.7 Å². The normalized spacial score (nSPS) is 16.8. The molecular weight excluding hydrogens is 702 g/mol. The maximum Gasteiger partial charge on any atom is 0.424 e. The Kier molecular flexibility index (Phi) is 9.82. The van der Waals surface area contributed by atoms with Crippen LogP contribution >= 0.6 is 58.0 Å². The van der Waals surface area contributed by atoms with Crippen LogP contribution in [0.5, 0.6) is 0 Å². The van der Waals surface area contributed by atoms with E-state index in [1.165, 1.54) is 39.0 Å². The predicted molar refractivity (Wildman–Crippen MR) is 168 cm³/mol. The fraction of sp³-hybridized carbons (Fsp3) is 0.241. The first kappa shape index (κ1) is 34.5.